The van der Waals surface area contributed by atoms with Gasteiger partial charge >= 0.3 is 0 Å². The molecule has 2 aromatic carbocycles. The Labute approximate surface area is 177 Å². The van der Waals surface area contributed by atoms with Crippen LogP contribution in [0.1, 0.15) is 49.3 Å². The molecule has 0 fully saturated rings. The van der Waals surface area contributed by atoms with Gasteiger partial charge in [-0.05, 0) is 55.0 Å². The van der Waals surface area contributed by atoms with Gasteiger partial charge < -0.3 is 14.4 Å². The Morgan fingerprint density at radius 1 is 1.00 bits per heavy atom. The summed E-state index contributed by atoms with van der Waals surface area (Å²) in [7, 11) is 3.32. The summed E-state index contributed by atoms with van der Waals surface area (Å²) in [6.45, 7) is 8.30. The molecule has 2 atom stereocenters. The van der Waals surface area contributed by atoms with E-state index >= 15 is 0 Å². The van der Waals surface area contributed by atoms with Crippen molar-refractivity contribution in [1.29, 1.82) is 0 Å². The first kappa shape index (κ1) is 20.3. The number of aromatic nitrogens is 4. The van der Waals surface area contributed by atoms with E-state index in [1.165, 1.54) is 16.0 Å². The number of benzene rings is 2. The Balaban J connectivity index is 1.82. The van der Waals surface area contributed by atoms with Crippen LogP contribution in [0.25, 0.3) is 0 Å². The minimum Gasteiger partial charge on any atom is -0.493 e. The molecule has 0 spiro atoms. The maximum atomic E-state index is 5.59. The molecule has 1 unspecified atom stereocenters. The Morgan fingerprint density at radius 2 is 1.73 bits per heavy atom. The van der Waals surface area contributed by atoms with Gasteiger partial charge in [0.2, 0.25) is 5.82 Å². The minimum absolute atomic E-state index is 0.0209. The first-order valence-electron chi connectivity index (χ1n) is 10.3. The van der Waals surface area contributed by atoms with Crippen molar-refractivity contribution in [1.82, 2.24) is 20.2 Å². The number of hydrogen-bond acceptors (Lipinski definition) is 5. The summed E-state index contributed by atoms with van der Waals surface area (Å²) in [6.07, 6.45) is 1.03. The third-order valence-electron chi connectivity index (χ3n) is 5.79. The number of nitrogens with one attached hydrogen (secondary N) is 1. The van der Waals surface area contributed by atoms with Crippen LogP contribution >= 0.6 is 0 Å². The molecule has 1 aliphatic heterocycles. The molecule has 7 nitrogen and oxygen atoms in total. The summed E-state index contributed by atoms with van der Waals surface area (Å²) in [5.74, 6) is 2.30. The number of quaternary nitrogens is 1. The molecule has 0 saturated heterocycles. The minimum atomic E-state index is -0.221. The predicted molar refractivity (Wildman–Crippen MR) is 114 cm³/mol. The zero-order chi connectivity index (χ0) is 21.3. The lowest BCUT2D eigenvalue weighted by Gasteiger charge is -2.33. The number of fused-ring (bicyclic) bond motifs is 1. The summed E-state index contributed by atoms with van der Waals surface area (Å²) in [6, 6.07) is 14.8. The smallest absolute Gasteiger partial charge is 0.214 e. The van der Waals surface area contributed by atoms with E-state index < -0.39 is 0 Å². The molecule has 4 rings (SSSR count). The van der Waals surface area contributed by atoms with E-state index in [0.717, 1.165) is 36.6 Å². The topological polar surface area (TPSA) is 66.5 Å². The summed E-state index contributed by atoms with van der Waals surface area (Å²) in [4.78, 5) is 1.42. The van der Waals surface area contributed by atoms with Crippen LogP contribution in [0, 0.1) is 0 Å². The maximum absolute atomic E-state index is 5.59. The van der Waals surface area contributed by atoms with Gasteiger partial charge in [-0.25, -0.2) is 4.68 Å². The number of nitrogens with zero attached hydrogens (tertiary/aromatic N) is 4. The van der Waals surface area contributed by atoms with E-state index in [1.54, 1.807) is 14.2 Å². The zero-order valence-electron chi connectivity index (χ0n) is 18.3. The molecule has 1 N–H and O–H groups in total. The van der Waals surface area contributed by atoms with Gasteiger partial charge in [0.15, 0.2) is 17.5 Å². The monoisotopic (exact) mass is 408 g/mol. The highest BCUT2D eigenvalue weighted by Gasteiger charge is 2.36. The molecule has 30 heavy (non-hydrogen) atoms. The van der Waals surface area contributed by atoms with Crippen molar-refractivity contribution in [3.8, 4) is 11.5 Å². The van der Waals surface area contributed by atoms with Crippen molar-refractivity contribution in [2.45, 2.75) is 45.3 Å². The van der Waals surface area contributed by atoms with E-state index in [-0.39, 0.29) is 11.6 Å². The predicted octanol–water partition coefficient (Wildman–Crippen LogP) is 2.18. The first-order chi connectivity index (χ1) is 14.4. The molecule has 7 heteroatoms. The highest BCUT2D eigenvalue weighted by atomic mass is 16.5. The summed E-state index contributed by atoms with van der Waals surface area (Å²) >= 11 is 0. The second kappa shape index (κ2) is 8.07. The summed E-state index contributed by atoms with van der Waals surface area (Å²) < 4.78 is 13.0. The normalized spacial score (nSPS) is 17.3. The fraction of sp³-hybridized carbons (Fsp3) is 0.435. The fourth-order valence-electron chi connectivity index (χ4n) is 4.30. The number of ether oxygens (including phenoxy) is 2. The Bertz CT molecular complexity index is 1020. The van der Waals surface area contributed by atoms with Gasteiger partial charge in [-0.2, -0.15) is 0 Å². The van der Waals surface area contributed by atoms with E-state index in [4.69, 9.17) is 9.47 Å². The van der Waals surface area contributed by atoms with Gasteiger partial charge in [0, 0.05) is 17.5 Å². The largest absolute Gasteiger partial charge is 0.493 e. The third kappa shape index (κ3) is 3.77. The second-order valence-electron chi connectivity index (χ2n) is 8.77. The van der Waals surface area contributed by atoms with Crippen LogP contribution in [0.2, 0.25) is 0 Å². The lowest BCUT2D eigenvalue weighted by atomic mass is 9.95. The highest BCUT2D eigenvalue weighted by Crippen LogP contribution is 2.32. The third-order valence-corrected chi connectivity index (χ3v) is 5.79. The molecule has 0 aliphatic carbocycles. The Kier molecular flexibility index (Phi) is 5.47. The van der Waals surface area contributed by atoms with Gasteiger partial charge in [-0.1, -0.05) is 24.3 Å². The van der Waals surface area contributed by atoms with E-state index in [1.807, 2.05) is 10.7 Å². The number of methoxy groups -OCH3 is 2. The molecule has 3 aromatic rings. The quantitative estimate of drug-likeness (QED) is 0.701. The van der Waals surface area contributed by atoms with Crippen LogP contribution < -0.4 is 14.4 Å². The fourth-order valence-corrected chi connectivity index (χ4v) is 4.30. The zero-order valence-corrected chi connectivity index (χ0v) is 18.3. The maximum Gasteiger partial charge on any atom is 0.214 e. The molecule has 0 radical (unpaired) electrons. The van der Waals surface area contributed by atoms with Crippen LogP contribution in [-0.2, 0) is 18.5 Å². The van der Waals surface area contributed by atoms with Crippen LogP contribution in [0.4, 0.5) is 0 Å². The average molecular weight is 409 g/mol. The van der Waals surface area contributed by atoms with Gasteiger partial charge in [-0.15, -0.1) is 5.10 Å². The van der Waals surface area contributed by atoms with Crippen LogP contribution in [0.3, 0.4) is 0 Å². The lowest BCUT2D eigenvalue weighted by Crippen LogP contribution is -3.12. The molecule has 0 saturated carbocycles. The van der Waals surface area contributed by atoms with Crippen LogP contribution in [-0.4, -0.2) is 41.0 Å². The van der Waals surface area contributed by atoms with E-state index in [2.05, 4.69) is 72.7 Å². The summed E-state index contributed by atoms with van der Waals surface area (Å²) in [5.41, 5.74) is 3.71. The Hall–Kier alpha value is -2.93. The van der Waals surface area contributed by atoms with Gasteiger partial charge in [0.1, 0.15) is 6.54 Å². The van der Waals surface area contributed by atoms with Crippen molar-refractivity contribution >= 4 is 0 Å². The number of hydrogen-bond donors (Lipinski definition) is 1. The number of rotatable bonds is 5. The molecule has 158 valence electrons. The van der Waals surface area contributed by atoms with Crippen molar-refractivity contribution in [3.63, 3.8) is 0 Å². The molecular formula is C23H30N5O2+. The van der Waals surface area contributed by atoms with Crippen molar-refractivity contribution < 1.29 is 14.4 Å². The molecule has 1 aliphatic rings. The molecule has 1 aromatic heterocycles. The van der Waals surface area contributed by atoms with Gasteiger partial charge in [0.25, 0.3) is 0 Å². The average Bonchev–Trinajstić information content (AvgIpc) is 3.23. The van der Waals surface area contributed by atoms with Crippen LogP contribution in [0.5, 0.6) is 11.5 Å². The molecule has 0 bridgehead atoms. The molecular weight excluding hydrogens is 378 g/mol. The second-order valence-corrected chi connectivity index (χ2v) is 8.77. The van der Waals surface area contributed by atoms with Gasteiger partial charge in [0.05, 0.1) is 26.3 Å². The van der Waals surface area contributed by atoms with Gasteiger partial charge in [-0.3, -0.25) is 0 Å². The molecule has 2 heterocycles. The molecule has 0 amide bonds. The SMILES string of the molecule is COc1ccc([C@@H](c2nnnn2C(C)(C)C)[NH+]2CCc3ccccc3C2)cc1OC. The van der Waals surface area contributed by atoms with Crippen molar-refractivity contribution in [3.05, 3.63) is 65.0 Å². The van der Waals surface area contributed by atoms with Crippen LogP contribution in [0.15, 0.2) is 42.5 Å². The summed E-state index contributed by atoms with van der Waals surface area (Å²) in [5, 5.41) is 12.9. The van der Waals surface area contributed by atoms with E-state index in [9.17, 15) is 0 Å². The lowest BCUT2D eigenvalue weighted by molar-refractivity contribution is -0.941. The van der Waals surface area contributed by atoms with E-state index in [0.29, 0.717) is 5.75 Å². The highest BCUT2D eigenvalue weighted by molar-refractivity contribution is 5.44. The number of tetrazole rings is 1. The standard InChI is InChI=1S/C23H29N5O2/c1-23(2,3)28-22(24-25-26-28)21(17-10-11-19(29-4)20(14-17)30-5)27-13-12-16-8-6-7-9-18(16)15-27/h6-11,14,21H,12-13,15H2,1-5H3/p+1/t21-/m0/s1. The van der Waals surface area contributed by atoms with Crippen molar-refractivity contribution in [2.75, 3.05) is 20.8 Å². The Morgan fingerprint density at radius 3 is 2.43 bits per heavy atom. The first-order valence-corrected chi connectivity index (χ1v) is 10.3. The van der Waals surface area contributed by atoms with Crippen molar-refractivity contribution in [2.24, 2.45) is 0 Å².